The zero-order valence-corrected chi connectivity index (χ0v) is 12.6. The standard InChI is InChI=1S/C14H26N4O3/c1-10(19)12-2-5-17(8-12)9-13(20)18-6-3-11(4-7-18)14(21)16-15/h10-12,19H,2-9,15H2,1H3,(H,16,21). The first-order chi connectivity index (χ1) is 10.0. The Labute approximate surface area is 125 Å². The zero-order valence-electron chi connectivity index (χ0n) is 12.6. The van der Waals surface area contributed by atoms with Gasteiger partial charge in [-0.3, -0.25) is 19.9 Å². The van der Waals surface area contributed by atoms with Crippen molar-refractivity contribution in [2.75, 3.05) is 32.7 Å². The van der Waals surface area contributed by atoms with Crippen molar-refractivity contribution in [3.63, 3.8) is 0 Å². The number of rotatable bonds is 4. The van der Waals surface area contributed by atoms with Crippen LogP contribution in [0.1, 0.15) is 26.2 Å². The Bertz CT molecular complexity index is 380. The van der Waals surface area contributed by atoms with E-state index in [1.54, 1.807) is 0 Å². The molecule has 120 valence electrons. The van der Waals surface area contributed by atoms with Gasteiger partial charge in [0.1, 0.15) is 0 Å². The van der Waals surface area contributed by atoms with Gasteiger partial charge in [-0.15, -0.1) is 0 Å². The summed E-state index contributed by atoms with van der Waals surface area (Å²) in [6.07, 6.45) is 1.98. The van der Waals surface area contributed by atoms with Crippen molar-refractivity contribution in [2.24, 2.45) is 17.7 Å². The van der Waals surface area contributed by atoms with E-state index in [2.05, 4.69) is 10.3 Å². The Morgan fingerprint density at radius 1 is 1.29 bits per heavy atom. The van der Waals surface area contributed by atoms with Gasteiger partial charge < -0.3 is 10.0 Å². The molecule has 0 aromatic heterocycles. The van der Waals surface area contributed by atoms with E-state index >= 15 is 0 Å². The van der Waals surface area contributed by atoms with Crippen LogP contribution < -0.4 is 11.3 Å². The van der Waals surface area contributed by atoms with Crippen LogP contribution in [0.15, 0.2) is 0 Å². The number of piperidine rings is 1. The quantitative estimate of drug-likeness (QED) is 0.348. The molecule has 2 heterocycles. The molecule has 21 heavy (non-hydrogen) atoms. The number of aliphatic hydroxyl groups is 1. The highest BCUT2D eigenvalue weighted by molar-refractivity contribution is 5.80. The molecule has 7 heteroatoms. The van der Waals surface area contributed by atoms with Crippen LogP contribution in [0, 0.1) is 11.8 Å². The van der Waals surface area contributed by atoms with E-state index in [4.69, 9.17) is 5.84 Å². The number of amides is 2. The molecule has 0 aromatic rings. The van der Waals surface area contributed by atoms with E-state index in [0.29, 0.717) is 32.5 Å². The minimum atomic E-state index is -0.310. The van der Waals surface area contributed by atoms with Crippen LogP contribution in [-0.4, -0.2) is 65.5 Å². The molecule has 2 aliphatic heterocycles. The monoisotopic (exact) mass is 298 g/mol. The van der Waals surface area contributed by atoms with Crippen LogP contribution in [0.5, 0.6) is 0 Å². The number of carbonyl (C=O) groups excluding carboxylic acids is 2. The maximum atomic E-state index is 12.3. The van der Waals surface area contributed by atoms with Crippen LogP contribution >= 0.6 is 0 Å². The van der Waals surface area contributed by atoms with Gasteiger partial charge in [-0.25, -0.2) is 5.84 Å². The molecule has 2 fully saturated rings. The summed E-state index contributed by atoms with van der Waals surface area (Å²) in [5.41, 5.74) is 2.18. The first kappa shape index (κ1) is 16.2. The maximum absolute atomic E-state index is 12.3. The molecule has 4 N–H and O–H groups in total. The number of likely N-dealkylation sites (tertiary alicyclic amines) is 2. The number of nitrogens with zero attached hydrogens (tertiary/aromatic N) is 2. The third-order valence-electron chi connectivity index (χ3n) is 4.71. The minimum Gasteiger partial charge on any atom is -0.393 e. The summed E-state index contributed by atoms with van der Waals surface area (Å²) in [4.78, 5) is 27.7. The molecule has 2 rings (SSSR count). The third-order valence-corrected chi connectivity index (χ3v) is 4.71. The summed E-state index contributed by atoms with van der Waals surface area (Å²) in [5.74, 6) is 5.31. The Balaban J connectivity index is 1.74. The average Bonchev–Trinajstić information content (AvgIpc) is 2.95. The fourth-order valence-corrected chi connectivity index (χ4v) is 3.20. The van der Waals surface area contributed by atoms with Crippen molar-refractivity contribution >= 4 is 11.8 Å². The summed E-state index contributed by atoms with van der Waals surface area (Å²) in [7, 11) is 0. The molecule has 0 saturated carbocycles. The molecule has 0 radical (unpaired) electrons. The lowest BCUT2D eigenvalue weighted by Gasteiger charge is -2.32. The number of carbonyl (C=O) groups is 2. The molecule has 7 nitrogen and oxygen atoms in total. The van der Waals surface area contributed by atoms with Crippen LogP contribution in [0.3, 0.4) is 0 Å². The molecule has 2 unspecified atom stereocenters. The van der Waals surface area contributed by atoms with Crippen molar-refractivity contribution in [3.8, 4) is 0 Å². The first-order valence-electron chi connectivity index (χ1n) is 7.70. The van der Waals surface area contributed by atoms with Gasteiger partial charge in [0.15, 0.2) is 0 Å². The fraction of sp³-hybridized carbons (Fsp3) is 0.857. The van der Waals surface area contributed by atoms with Crippen LogP contribution in [0.25, 0.3) is 0 Å². The normalized spacial score (nSPS) is 25.9. The van der Waals surface area contributed by atoms with Gasteiger partial charge in [0.2, 0.25) is 11.8 Å². The fourth-order valence-electron chi connectivity index (χ4n) is 3.20. The highest BCUT2D eigenvalue weighted by Crippen LogP contribution is 2.21. The second-order valence-corrected chi connectivity index (χ2v) is 6.19. The van der Waals surface area contributed by atoms with Gasteiger partial charge in [0.25, 0.3) is 0 Å². The van der Waals surface area contributed by atoms with Crippen LogP contribution in [0.2, 0.25) is 0 Å². The number of nitrogens with two attached hydrogens (primary N) is 1. The highest BCUT2D eigenvalue weighted by atomic mass is 16.3. The summed E-state index contributed by atoms with van der Waals surface area (Å²) in [6.45, 7) is 5.11. The van der Waals surface area contributed by atoms with Gasteiger partial charge in [0.05, 0.1) is 12.6 Å². The van der Waals surface area contributed by atoms with Crippen molar-refractivity contribution in [1.29, 1.82) is 0 Å². The molecule has 2 saturated heterocycles. The Morgan fingerprint density at radius 2 is 1.95 bits per heavy atom. The molecule has 2 atom stereocenters. The Hall–Kier alpha value is -1.18. The first-order valence-corrected chi connectivity index (χ1v) is 7.70. The Morgan fingerprint density at radius 3 is 2.48 bits per heavy atom. The van der Waals surface area contributed by atoms with E-state index in [-0.39, 0.29) is 29.8 Å². The van der Waals surface area contributed by atoms with Crippen LogP contribution in [0.4, 0.5) is 0 Å². The molecule has 0 aromatic carbocycles. The van der Waals surface area contributed by atoms with Gasteiger partial charge in [-0.2, -0.15) is 0 Å². The largest absolute Gasteiger partial charge is 0.393 e. The van der Waals surface area contributed by atoms with Crippen molar-refractivity contribution in [2.45, 2.75) is 32.3 Å². The zero-order chi connectivity index (χ0) is 15.4. The molecule has 0 aliphatic carbocycles. The van der Waals surface area contributed by atoms with E-state index in [1.165, 1.54) is 0 Å². The van der Waals surface area contributed by atoms with Gasteiger partial charge in [-0.1, -0.05) is 0 Å². The van der Waals surface area contributed by atoms with Gasteiger partial charge in [0, 0.05) is 25.6 Å². The molecular weight excluding hydrogens is 272 g/mol. The van der Waals surface area contributed by atoms with Crippen molar-refractivity contribution < 1.29 is 14.7 Å². The summed E-state index contributed by atoms with van der Waals surface area (Å²) < 4.78 is 0. The predicted octanol–water partition coefficient (Wildman–Crippen LogP) is -1.08. The minimum absolute atomic E-state index is 0.0783. The molecule has 2 amide bonds. The smallest absolute Gasteiger partial charge is 0.237 e. The SMILES string of the molecule is CC(O)C1CCN(CC(=O)N2CCC(C(=O)NN)CC2)C1. The lowest BCUT2D eigenvalue weighted by molar-refractivity contribution is -0.136. The summed E-state index contributed by atoms with van der Waals surface area (Å²) in [6, 6.07) is 0. The van der Waals surface area contributed by atoms with E-state index < -0.39 is 0 Å². The lowest BCUT2D eigenvalue weighted by Crippen LogP contribution is -2.47. The third kappa shape index (κ3) is 4.15. The van der Waals surface area contributed by atoms with Gasteiger partial charge >= 0.3 is 0 Å². The second-order valence-electron chi connectivity index (χ2n) is 6.19. The van der Waals surface area contributed by atoms with E-state index in [0.717, 1.165) is 19.5 Å². The number of hydrogen-bond donors (Lipinski definition) is 3. The molecule has 0 bridgehead atoms. The van der Waals surface area contributed by atoms with Crippen LogP contribution in [-0.2, 0) is 9.59 Å². The average molecular weight is 298 g/mol. The number of hydrazine groups is 1. The summed E-state index contributed by atoms with van der Waals surface area (Å²) in [5, 5.41) is 9.59. The number of hydrogen-bond acceptors (Lipinski definition) is 5. The predicted molar refractivity (Wildman–Crippen MR) is 77.9 cm³/mol. The summed E-state index contributed by atoms with van der Waals surface area (Å²) >= 11 is 0. The van der Waals surface area contributed by atoms with Gasteiger partial charge in [-0.05, 0) is 38.6 Å². The lowest BCUT2D eigenvalue weighted by atomic mass is 9.96. The second kappa shape index (κ2) is 7.20. The van der Waals surface area contributed by atoms with Crippen molar-refractivity contribution in [3.05, 3.63) is 0 Å². The topological polar surface area (TPSA) is 98.9 Å². The van der Waals surface area contributed by atoms with E-state index in [1.807, 2.05) is 11.8 Å². The molecular formula is C14H26N4O3. The molecule has 0 spiro atoms. The number of aliphatic hydroxyl groups excluding tert-OH is 1. The Kier molecular flexibility index (Phi) is 5.55. The molecule has 2 aliphatic rings. The number of nitrogens with one attached hydrogen (secondary N) is 1. The van der Waals surface area contributed by atoms with E-state index in [9.17, 15) is 14.7 Å². The van der Waals surface area contributed by atoms with Crippen molar-refractivity contribution in [1.82, 2.24) is 15.2 Å². The highest BCUT2D eigenvalue weighted by Gasteiger charge is 2.30. The maximum Gasteiger partial charge on any atom is 0.237 e.